The molecule has 3 aliphatic heterocycles. The molecule has 0 radical (unpaired) electrons. The number of aromatic nitrogens is 2. The summed E-state index contributed by atoms with van der Waals surface area (Å²) in [7, 11) is 0. The first kappa shape index (κ1) is 13.6. The normalized spacial score (nSPS) is 35.0. The first-order chi connectivity index (χ1) is 10.3. The molecule has 4 heterocycles. The molecular weight excluding hydrogens is 290 g/mol. The third-order valence-electron chi connectivity index (χ3n) is 4.54. The lowest BCUT2D eigenvalue weighted by Crippen LogP contribution is -2.33. The molecule has 4 rings (SSSR count). The molecule has 6 nitrogen and oxygen atoms in total. The third kappa shape index (κ3) is 2.82. The molecule has 3 saturated heterocycles. The van der Waals surface area contributed by atoms with Crippen LogP contribution in [-0.4, -0.2) is 34.9 Å². The maximum Gasteiger partial charge on any atom is 0.229 e. The zero-order valence-electron chi connectivity index (χ0n) is 11.8. The van der Waals surface area contributed by atoms with Crippen LogP contribution in [0.4, 0.5) is 5.13 Å². The Kier molecular flexibility index (Phi) is 3.64. The summed E-state index contributed by atoms with van der Waals surface area (Å²) in [4.78, 5) is 12.4. The molecule has 1 amide bonds. The highest BCUT2D eigenvalue weighted by atomic mass is 32.1. The summed E-state index contributed by atoms with van der Waals surface area (Å²) >= 11 is 1.43. The minimum Gasteiger partial charge on any atom is -0.375 e. The molecule has 1 aromatic heterocycles. The molecule has 1 N–H and O–H groups in total. The van der Waals surface area contributed by atoms with Gasteiger partial charge >= 0.3 is 0 Å². The Labute approximate surface area is 127 Å². The summed E-state index contributed by atoms with van der Waals surface area (Å²) in [6.07, 6.45) is 6.52. The number of amides is 1. The van der Waals surface area contributed by atoms with Gasteiger partial charge in [0.2, 0.25) is 11.0 Å². The van der Waals surface area contributed by atoms with E-state index in [0.29, 0.717) is 5.13 Å². The van der Waals surface area contributed by atoms with E-state index in [1.54, 1.807) is 0 Å². The van der Waals surface area contributed by atoms with Gasteiger partial charge in [-0.25, -0.2) is 0 Å². The number of nitrogens with one attached hydrogen (secondary N) is 1. The van der Waals surface area contributed by atoms with Crippen molar-refractivity contribution in [3.8, 4) is 0 Å². The highest BCUT2D eigenvalue weighted by Gasteiger charge is 2.38. The molecule has 0 aromatic carbocycles. The number of ether oxygens (including phenoxy) is 2. The molecule has 0 spiro atoms. The van der Waals surface area contributed by atoms with Crippen LogP contribution in [0.2, 0.25) is 0 Å². The summed E-state index contributed by atoms with van der Waals surface area (Å²) in [6, 6.07) is 0. The first-order valence-corrected chi connectivity index (χ1v) is 8.51. The fourth-order valence-electron chi connectivity index (χ4n) is 3.47. The van der Waals surface area contributed by atoms with Gasteiger partial charge in [-0.2, -0.15) is 0 Å². The van der Waals surface area contributed by atoms with Crippen molar-refractivity contribution in [2.45, 2.75) is 56.8 Å². The van der Waals surface area contributed by atoms with Crippen molar-refractivity contribution in [2.75, 3.05) is 11.9 Å². The van der Waals surface area contributed by atoms with E-state index < -0.39 is 0 Å². The largest absolute Gasteiger partial charge is 0.375 e. The zero-order chi connectivity index (χ0) is 14.2. The number of nitrogens with zero attached hydrogens (tertiary/aromatic N) is 2. The SMILES string of the molecule is O=C(Nc1nnc(C2CCCO2)s1)C1C[C@H]2CC[C@@H](C1)O2. The van der Waals surface area contributed by atoms with Crippen molar-refractivity contribution in [3.63, 3.8) is 0 Å². The molecule has 0 aliphatic carbocycles. The lowest BCUT2D eigenvalue weighted by atomic mass is 9.95. The second kappa shape index (κ2) is 5.62. The fourth-order valence-corrected chi connectivity index (χ4v) is 4.30. The lowest BCUT2D eigenvalue weighted by Gasteiger charge is -2.26. The molecule has 4 atom stereocenters. The summed E-state index contributed by atoms with van der Waals surface area (Å²) in [5.41, 5.74) is 0. The third-order valence-corrected chi connectivity index (χ3v) is 5.47. The summed E-state index contributed by atoms with van der Waals surface area (Å²) in [6.45, 7) is 0.788. The van der Waals surface area contributed by atoms with Gasteiger partial charge in [0.1, 0.15) is 11.1 Å². The maximum atomic E-state index is 12.4. The number of rotatable bonds is 3. The Balaban J connectivity index is 1.38. The van der Waals surface area contributed by atoms with Gasteiger partial charge in [0, 0.05) is 12.5 Å². The van der Waals surface area contributed by atoms with Gasteiger partial charge in [-0.05, 0) is 38.5 Å². The van der Waals surface area contributed by atoms with E-state index in [1.165, 1.54) is 11.3 Å². The predicted octanol–water partition coefficient (Wildman–Crippen LogP) is 2.29. The van der Waals surface area contributed by atoms with Crippen LogP contribution in [0.3, 0.4) is 0 Å². The molecule has 2 unspecified atom stereocenters. The van der Waals surface area contributed by atoms with Gasteiger partial charge in [-0.15, -0.1) is 10.2 Å². The quantitative estimate of drug-likeness (QED) is 0.927. The topological polar surface area (TPSA) is 73.3 Å². The van der Waals surface area contributed by atoms with Crippen molar-refractivity contribution < 1.29 is 14.3 Å². The van der Waals surface area contributed by atoms with E-state index in [9.17, 15) is 4.79 Å². The van der Waals surface area contributed by atoms with Gasteiger partial charge in [0.15, 0.2) is 0 Å². The fraction of sp³-hybridized carbons (Fsp3) is 0.786. The first-order valence-electron chi connectivity index (χ1n) is 7.69. The lowest BCUT2D eigenvalue weighted by molar-refractivity contribution is -0.125. The number of hydrogen-bond donors (Lipinski definition) is 1. The van der Waals surface area contributed by atoms with Crippen molar-refractivity contribution in [1.82, 2.24) is 10.2 Å². The average molecular weight is 309 g/mol. The van der Waals surface area contributed by atoms with Crippen LogP contribution in [0.5, 0.6) is 0 Å². The summed E-state index contributed by atoms with van der Waals surface area (Å²) in [5.74, 6) is 0.108. The molecule has 7 heteroatoms. The van der Waals surface area contributed by atoms with Crippen LogP contribution < -0.4 is 5.32 Å². The van der Waals surface area contributed by atoms with Crippen LogP contribution in [0.15, 0.2) is 0 Å². The van der Waals surface area contributed by atoms with Crippen molar-refractivity contribution >= 4 is 22.4 Å². The minimum absolute atomic E-state index is 0.0475. The van der Waals surface area contributed by atoms with E-state index in [4.69, 9.17) is 9.47 Å². The van der Waals surface area contributed by atoms with Crippen LogP contribution in [0, 0.1) is 5.92 Å². The van der Waals surface area contributed by atoms with Crippen LogP contribution >= 0.6 is 11.3 Å². The minimum atomic E-state index is 0.0475. The monoisotopic (exact) mass is 309 g/mol. The molecule has 2 bridgehead atoms. The van der Waals surface area contributed by atoms with Crippen LogP contribution in [0.25, 0.3) is 0 Å². The van der Waals surface area contributed by atoms with Crippen LogP contribution in [-0.2, 0) is 14.3 Å². The van der Waals surface area contributed by atoms with Crippen LogP contribution in [0.1, 0.15) is 49.6 Å². The number of fused-ring (bicyclic) bond motifs is 2. The zero-order valence-corrected chi connectivity index (χ0v) is 12.6. The van der Waals surface area contributed by atoms with Crippen molar-refractivity contribution in [1.29, 1.82) is 0 Å². The molecule has 21 heavy (non-hydrogen) atoms. The van der Waals surface area contributed by atoms with Gasteiger partial charge in [0.05, 0.1) is 12.2 Å². The van der Waals surface area contributed by atoms with Crippen molar-refractivity contribution in [2.24, 2.45) is 5.92 Å². The number of hydrogen-bond acceptors (Lipinski definition) is 6. The van der Waals surface area contributed by atoms with Gasteiger partial charge < -0.3 is 14.8 Å². The van der Waals surface area contributed by atoms with E-state index in [2.05, 4.69) is 15.5 Å². The van der Waals surface area contributed by atoms with E-state index in [-0.39, 0.29) is 30.1 Å². The molecule has 0 saturated carbocycles. The second-order valence-corrected chi connectivity index (χ2v) is 7.07. The standard InChI is InChI=1S/C14H19N3O3S/c18-12(8-6-9-3-4-10(7-8)20-9)15-14-17-16-13(21-14)11-2-1-5-19-11/h8-11H,1-7H2,(H,15,17,18)/t8?,9-,10+,11?. The molecule has 3 aliphatic rings. The van der Waals surface area contributed by atoms with E-state index >= 15 is 0 Å². The molecular formula is C14H19N3O3S. The summed E-state index contributed by atoms with van der Waals surface area (Å²) in [5, 5.41) is 12.6. The second-order valence-electron chi connectivity index (χ2n) is 6.06. The molecule has 3 fully saturated rings. The Morgan fingerprint density at radius 3 is 2.71 bits per heavy atom. The van der Waals surface area contributed by atoms with Crippen molar-refractivity contribution in [3.05, 3.63) is 5.01 Å². The summed E-state index contributed by atoms with van der Waals surface area (Å²) < 4.78 is 11.4. The Morgan fingerprint density at radius 2 is 2.00 bits per heavy atom. The maximum absolute atomic E-state index is 12.4. The Bertz CT molecular complexity index is 517. The van der Waals surface area contributed by atoms with Gasteiger partial charge in [-0.1, -0.05) is 11.3 Å². The average Bonchev–Trinajstić information content (AvgIpc) is 3.20. The Hall–Kier alpha value is -1.05. The molecule has 1 aromatic rings. The molecule has 114 valence electrons. The Morgan fingerprint density at radius 1 is 1.19 bits per heavy atom. The van der Waals surface area contributed by atoms with Gasteiger partial charge in [-0.3, -0.25) is 4.79 Å². The number of carbonyl (C=O) groups excluding carboxylic acids is 1. The number of carbonyl (C=O) groups is 1. The number of anilines is 1. The highest BCUT2D eigenvalue weighted by Crippen LogP contribution is 2.37. The van der Waals surface area contributed by atoms with E-state index in [1.807, 2.05) is 0 Å². The predicted molar refractivity (Wildman–Crippen MR) is 77.1 cm³/mol. The highest BCUT2D eigenvalue weighted by molar-refractivity contribution is 7.15. The van der Waals surface area contributed by atoms with Gasteiger partial charge in [0.25, 0.3) is 0 Å². The van der Waals surface area contributed by atoms with E-state index in [0.717, 1.165) is 50.1 Å². The smallest absolute Gasteiger partial charge is 0.229 e.